The van der Waals surface area contributed by atoms with Crippen LogP contribution in [0.4, 0.5) is 5.69 Å². The number of carbonyl (C=O) groups excluding carboxylic acids is 1. The van der Waals surface area contributed by atoms with E-state index >= 15 is 0 Å². The molecule has 0 radical (unpaired) electrons. The van der Waals surface area contributed by atoms with Crippen molar-refractivity contribution < 1.29 is 9.90 Å². The number of hydrogen-bond acceptors (Lipinski definition) is 3. The highest BCUT2D eigenvalue weighted by Crippen LogP contribution is 2.55. The number of amides is 1. The van der Waals surface area contributed by atoms with E-state index in [9.17, 15) is 9.90 Å². The number of aromatic amines is 1. The lowest BCUT2D eigenvalue weighted by atomic mass is 9.50. The first-order chi connectivity index (χ1) is 16.0. The molecule has 3 atom stereocenters. The van der Waals surface area contributed by atoms with Crippen molar-refractivity contribution in [3.8, 4) is 0 Å². The van der Waals surface area contributed by atoms with E-state index in [1.807, 2.05) is 49.1 Å². The summed E-state index contributed by atoms with van der Waals surface area (Å²) >= 11 is 0. The van der Waals surface area contributed by atoms with E-state index in [4.69, 9.17) is 0 Å². The number of hydrogen-bond donors (Lipinski definition) is 3. The predicted octanol–water partition coefficient (Wildman–Crippen LogP) is 3.68. The van der Waals surface area contributed by atoms with Crippen molar-refractivity contribution in [1.29, 1.82) is 0 Å². The molecule has 3 aliphatic rings. The molecule has 1 fully saturated rings. The van der Waals surface area contributed by atoms with Gasteiger partial charge in [-0.25, -0.2) is 0 Å². The first-order valence-corrected chi connectivity index (χ1v) is 12.1. The Bertz CT molecular complexity index is 1230. The van der Waals surface area contributed by atoms with E-state index < -0.39 is 5.60 Å². The van der Waals surface area contributed by atoms with Crippen LogP contribution in [0, 0.1) is 6.92 Å². The molecule has 0 saturated carbocycles. The number of benzene rings is 2. The number of aromatic nitrogens is 1. The molecule has 0 spiro atoms. The minimum absolute atomic E-state index is 0.00967. The van der Waals surface area contributed by atoms with Crippen LogP contribution in [0.3, 0.4) is 0 Å². The number of piperidine rings is 1. The summed E-state index contributed by atoms with van der Waals surface area (Å²) in [6.07, 6.45) is 3.04. The maximum absolute atomic E-state index is 13.7. The first-order valence-electron chi connectivity index (χ1n) is 12.1. The maximum atomic E-state index is 13.7. The van der Waals surface area contributed by atoms with Crippen LogP contribution in [0.2, 0.25) is 0 Å². The monoisotopic (exact) mass is 441 g/mol. The molecule has 1 amide bonds. The van der Waals surface area contributed by atoms with Crippen molar-refractivity contribution in [2.24, 2.45) is 0 Å². The van der Waals surface area contributed by atoms with Gasteiger partial charge in [0.25, 0.3) is 5.91 Å². The zero-order valence-corrected chi connectivity index (χ0v) is 19.3. The third-order valence-corrected chi connectivity index (χ3v) is 8.54. The van der Waals surface area contributed by atoms with Gasteiger partial charge in [0.05, 0.1) is 5.60 Å². The fourth-order valence-corrected chi connectivity index (χ4v) is 6.86. The van der Waals surface area contributed by atoms with Crippen molar-refractivity contribution in [3.63, 3.8) is 0 Å². The standard InChI is InChI=1S/C28H31N3O2/c1-3-31(20-10-5-4-6-11-20)26(32)25-18(2)21-16-28(33)24-15-19-9-7-8-12-22(19)27(28,13-14-29-24)17-23(21)30-25/h4-12,24,29-30,33H,3,13-17H2,1-2H3/t24-,27-,28-/m1/s1. The summed E-state index contributed by atoms with van der Waals surface area (Å²) < 4.78 is 0. The molecule has 33 heavy (non-hydrogen) atoms. The van der Waals surface area contributed by atoms with Crippen LogP contribution in [-0.4, -0.2) is 40.7 Å². The van der Waals surface area contributed by atoms with Gasteiger partial charge in [-0.05, 0) is 67.6 Å². The summed E-state index contributed by atoms with van der Waals surface area (Å²) in [5, 5.41) is 15.9. The fraction of sp³-hybridized carbons (Fsp3) is 0.393. The quantitative estimate of drug-likeness (QED) is 0.581. The Balaban J connectivity index is 1.45. The van der Waals surface area contributed by atoms with Crippen LogP contribution in [0.25, 0.3) is 0 Å². The summed E-state index contributed by atoms with van der Waals surface area (Å²) in [5.74, 6) is -0.00967. The molecular formula is C28H31N3O2. The lowest BCUT2D eigenvalue weighted by Crippen LogP contribution is -2.73. The molecule has 3 N–H and O–H groups in total. The van der Waals surface area contributed by atoms with Gasteiger partial charge in [0.2, 0.25) is 0 Å². The average Bonchev–Trinajstić information content (AvgIpc) is 3.13. The molecule has 5 heteroatoms. The Kier molecular flexibility index (Phi) is 4.58. The summed E-state index contributed by atoms with van der Waals surface area (Å²) in [6.45, 7) is 5.53. The van der Waals surface area contributed by atoms with Crippen LogP contribution in [0.5, 0.6) is 0 Å². The Labute approximate surface area is 194 Å². The third kappa shape index (κ3) is 2.76. The molecule has 2 bridgehead atoms. The van der Waals surface area contributed by atoms with Gasteiger partial charge < -0.3 is 20.3 Å². The molecule has 2 aliphatic carbocycles. The van der Waals surface area contributed by atoms with Gasteiger partial charge in [-0.15, -0.1) is 0 Å². The minimum atomic E-state index is -0.857. The number of rotatable bonds is 3. The van der Waals surface area contributed by atoms with Crippen LogP contribution in [-0.2, 0) is 24.7 Å². The second kappa shape index (κ2) is 7.31. The molecule has 6 rings (SSSR count). The van der Waals surface area contributed by atoms with E-state index in [1.165, 1.54) is 11.1 Å². The number of H-pyrrole nitrogens is 1. The van der Waals surface area contributed by atoms with Gasteiger partial charge in [0.1, 0.15) is 5.69 Å². The number of carbonyl (C=O) groups is 1. The summed E-state index contributed by atoms with van der Waals surface area (Å²) in [4.78, 5) is 19.0. The summed E-state index contributed by atoms with van der Waals surface area (Å²) in [5.41, 5.74) is 6.20. The second-order valence-electron chi connectivity index (χ2n) is 9.94. The zero-order valence-electron chi connectivity index (χ0n) is 19.3. The minimum Gasteiger partial charge on any atom is -0.387 e. The Morgan fingerprint density at radius 3 is 2.67 bits per heavy atom. The fourth-order valence-electron chi connectivity index (χ4n) is 6.86. The Morgan fingerprint density at radius 1 is 1.12 bits per heavy atom. The van der Waals surface area contributed by atoms with Crippen molar-refractivity contribution in [2.45, 2.75) is 56.6 Å². The summed E-state index contributed by atoms with van der Waals surface area (Å²) in [6, 6.07) is 18.5. The highest BCUT2D eigenvalue weighted by Gasteiger charge is 2.63. The molecule has 170 valence electrons. The normalized spacial score (nSPS) is 27.3. The van der Waals surface area contributed by atoms with Crippen molar-refractivity contribution in [2.75, 3.05) is 18.0 Å². The van der Waals surface area contributed by atoms with E-state index in [-0.39, 0.29) is 17.4 Å². The second-order valence-corrected chi connectivity index (χ2v) is 9.94. The number of aliphatic hydroxyl groups is 1. The van der Waals surface area contributed by atoms with Gasteiger partial charge in [-0.3, -0.25) is 4.79 Å². The van der Waals surface area contributed by atoms with E-state index in [2.05, 4.69) is 34.6 Å². The van der Waals surface area contributed by atoms with Crippen molar-refractivity contribution >= 4 is 11.6 Å². The molecule has 2 aromatic carbocycles. The number of nitrogens with one attached hydrogen (secondary N) is 2. The average molecular weight is 442 g/mol. The topological polar surface area (TPSA) is 68.4 Å². The Hall–Kier alpha value is -2.89. The van der Waals surface area contributed by atoms with Gasteiger partial charge in [0.15, 0.2) is 0 Å². The van der Waals surface area contributed by atoms with E-state index in [1.54, 1.807) is 0 Å². The van der Waals surface area contributed by atoms with Crippen molar-refractivity contribution in [1.82, 2.24) is 10.3 Å². The number of fused-ring (bicyclic) bond motifs is 2. The van der Waals surface area contributed by atoms with E-state index in [0.717, 1.165) is 48.3 Å². The number of para-hydroxylation sites is 1. The van der Waals surface area contributed by atoms with E-state index in [0.29, 0.717) is 18.7 Å². The van der Waals surface area contributed by atoms with Gasteiger partial charge in [-0.1, -0.05) is 42.5 Å². The lowest BCUT2D eigenvalue weighted by Gasteiger charge is -2.60. The Morgan fingerprint density at radius 2 is 1.88 bits per heavy atom. The van der Waals surface area contributed by atoms with Crippen LogP contribution < -0.4 is 10.2 Å². The smallest absolute Gasteiger partial charge is 0.274 e. The van der Waals surface area contributed by atoms with Gasteiger partial charge in [-0.2, -0.15) is 0 Å². The SMILES string of the molecule is CCN(C(=O)c1[nH]c2c(c1C)C[C@@]1(O)[C@H]3Cc4ccccc4[C@@]1(CCN3)C2)c1ccccc1. The zero-order chi connectivity index (χ0) is 22.8. The maximum Gasteiger partial charge on any atom is 0.274 e. The lowest BCUT2D eigenvalue weighted by molar-refractivity contribution is -0.106. The molecule has 1 aliphatic heterocycles. The molecule has 1 aromatic heterocycles. The largest absolute Gasteiger partial charge is 0.387 e. The summed E-state index contributed by atoms with van der Waals surface area (Å²) in [7, 11) is 0. The third-order valence-electron chi connectivity index (χ3n) is 8.54. The van der Waals surface area contributed by atoms with Crippen LogP contribution in [0.1, 0.15) is 51.8 Å². The molecule has 3 aromatic rings. The molecule has 2 heterocycles. The number of nitrogens with zero attached hydrogens (tertiary/aromatic N) is 1. The van der Waals surface area contributed by atoms with Gasteiger partial charge >= 0.3 is 0 Å². The molecular weight excluding hydrogens is 410 g/mol. The first kappa shape index (κ1) is 20.7. The van der Waals surface area contributed by atoms with Crippen molar-refractivity contribution in [3.05, 3.63) is 88.2 Å². The van der Waals surface area contributed by atoms with Crippen LogP contribution in [0.15, 0.2) is 54.6 Å². The predicted molar refractivity (Wildman–Crippen MR) is 130 cm³/mol. The molecule has 0 unspecified atom stereocenters. The van der Waals surface area contributed by atoms with Gasteiger partial charge in [0, 0.05) is 42.2 Å². The van der Waals surface area contributed by atoms with Crippen LogP contribution >= 0.6 is 0 Å². The highest BCUT2D eigenvalue weighted by molar-refractivity contribution is 6.06. The highest BCUT2D eigenvalue weighted by atomic mass is 16.3. The number of anilines is 1. The molecule has 1 saturated heterocycles. The molecule has 5 nitrogen and oxygen atoms in total.